The first-order valence-corrected chi connectivity index (χ1v) is 11.5. The predicted octanol–water partition coefficient (Wildman–Crippen LogP) is 5.61. The molecule has 3 aromatic carbocycles. The van der Waals surface area contributed by atoms with Gasteiger partial charge in [-0.25, -0.2) is 0 Å². The van der Waals surface area contributed by atoms with Crippen LogP contribution in [0.25, 0.3) is 0 Å². The van der Waals surface area contributed by atoms with Crippen molar-refractivity contribution in [2.75, 3.05) is 13.1 Å². The van der Waals surface area contributed by atoms with Crippen LogP contribution in [0.3, 0.4) is 0 Å². The van der Waals surface area contributed by atoms with Gasteiger partial charge in [-0.3, -0.25) is 4.99 Å². The van der Waals surface area contributed by atoms with Gasteiger partial charge in [0.1, 0.15) is 5.54 Å². The quantitative estimate of drug-likeness (QED) is 0.369. The third kappa shape index (κ3) is 3.84. The van der Waals surface area contributed by atoms with E-state index in [-0.39, 0.29) is 11.8 Å². The van der Waals surface area contributed by atoms with E-state index in [0.717, 1.165) is 5.82 Å². The van der Waals surface area contributed by atoms with Crippen molar-refractivity contribution in [2.45, 2.75) is 31.2 Å². The number of hydrogen-bond donors (Lipinski definition) is 0. The highest BCUT2D eigenvalue weighted by atomic mass is 16.5. The Labute approximate surface area is 194 Å². The molecule has 0 saturated heterocycles. The fourth-order valence-corrected chi connectivity index (χ4v) is 4.68. The molecule has 5 nitrogen and oxygen atoms in total. The Balaban J connectivity index is 1.67. The first kappa shape index (κ1) is 21.1. The van der Waals surface area contributed by atoms with Crippen LogP contribution in [-0.2, 0) is 5.54 Å². The molecule has 1 atom stereocenters. The van der Waals surface area contributed by atoms with E-state index >= 15 is 0 Å². The summed E-state index contributed by atoms with van der Waals surface area (Å²) in [6.07, 6.45) is 1.99. The average molecular weight is 437 g/mol. The normalized spacial score (nSPS) is 16.3. The van der Waals surface area contributed by atoms with Crippen molar-refractivity contribution in [3.05, 3.63) is 119 Å². The largest absolute Gasteiger partial charge is 0.344 e. The first-order valence-electron chi connectivity index (χ1n) is 11.5. The highest BCUT2D eigenvalue weighted by Gasteiger charge is 2.43. The lowest BCUT2D eigenvalue weighted by Gasteiger charge is -2.46. The van der Waals surface area contributed by atoms with Crippen molar-refractivity contribution in [3.8, 4) is 0 Å². The van der Waals surface area contributed by atoms with Crippen LogP contribution in [0.2, 0.25) is 0 Å². The maximum atomic E-state index is 5.68. The molecule has 1 aromatic heterocycles. The molecule has 1 unspecified atom stereocenters. The lowest BCUT2D eigenvalue weighted by atomic mass is 9.75. The van der Waals surface area contributed by atoms with E-state index in [1.165, 1.54) is 16.7 Å². The first-order chi connectivity index (χ1) is 16.2. The van der Waals surface area contributed by atoms with Crippen molar-refractivity contribution in [2.24, 2.45) is 4.99 Å². The molecule has 1 aliphatic rings. The SMILES string of the molecule is CC(C)c1noc(C2CN=CN(C(c3ccccc3)(c3ccccc3)c3ccccc3)C2)n1. The molecule has 0 aliphatic carbocycles. The summed E-state index contributed by atoms with van der Waals surface area (Å²) in [4.78, 5) is 11.8. The van der Waals surface area contributed by atoms with E-state index in [9.17, 15) is 0 Å². The Kier molecular flexibility index (Phi) is 5.78. The summed E-state index contributed by atoms with van der Waals surface area (Å²) >= 11 is 0. The fourth-order valence-electron chi connectivity index (χ4n) is 4.68. The fraction of sp³-hybridized carbons (Fsp3) is 0.250. The zero-order chi connectivity index (χ0) is 22.7. The van der Waals surface area contributed by atoms with E-state index in [1.807, 2.05) is 6.34 Å². The number of aliphatic imine (C=N–C) groups is 1. The van der Waals surface area contributed by atoms with Gasteiger partial charge in [0.25, 0.3) is 0 Å². The predicted molar refractivity (Wildman–Crippen MR) is 130 cm³/mol. The highest BCUT2D eigenvalue weighted by molar-refractivity contribution is 5.64. The van der Waals surface area contributed by atoms with Crippen LogP contribution in [0.5, 0.6) is 0 Å². The zero-order valence-electron chi connectivity index (χ0n) is 19.0. The molecular formula is C28H28N4O. The van der Waals surface area contributed by atoms with Crippen LogP contribution in [0.1, 0.15) is 54.1 Å². The van der Waals surface area contributed by atoms with Crippen molar-refractivity contribution in [1.29, 1.82) is 0 Å². The van der Waals surface area contributed by atoms with Gasteiger partial charge in [-0.15, -0.1) is 0 Å². The Morgan fingerprint density at radius 3 is 1.79 bits per heavy atom. The third-order valence-corrected chi connectivity index (χ3v) is 6.29. The summed E-state index contributed by atoms with van der Waals surface area (Å²) in [6, 6.07) is 31.9. The third-order valence-electron chi connectivity index (χ3n) is 6.29. The summed E-state index contributed by atoms with van der Waals surface area (Å²) in [7, 11) is 0. The van der Waals surface area contributed by atoms with Crippen molar-refractivity contribution in [1.82, 2.24) is 15.0 Å². The van der Waals surface area contributed by atoms with Crippen molar-refractivity contribution in [3.63, 3.8) is 0 Å². The van der Waals surface area contributed by atoms with Crippen molar-refractivity contribution >= 4 is 6.34 Å². The summed E-state index contributed by atoms with van der Waals surface area (Å²) in [5.41, 5.74) is 3.00. The lowest BCUT2D eigenvalue weighted by molar-refractivity contribution is 0.228. The molecule has 0 amide bonds. The van der Waals surface area contributed by atoms with Gasteiger partial charge in [-0.05, 0) is 16.7 Å². The molecule has 1 aliphatic heterocycles. The number of rotatable bonds is 6. The Morgan fingerprint density at radius 2 is 1.33 bits per heavy atom. The summed E-state index contributed by atoms with van der Waals surface area (Å²) < 4.78 is 5.68. The van der Waals surface area contributed by atoms with E-state index in [4.69, 9.17) is 9.52 Å². The number of nitrogens with zero attached hydrogens (tertiary/aromatic N) is 4. The zero-order valence-corrected chi connectivity index (χ0v) is 19.0. The smallest absolute Gasteiger partial charge is 0.233 e. The molecule has 0 saturated carbocycles. The van der Waals surface area contributed by atoms with Gasteiger partial charge in [0.05, 0.1) is 18.8 Å². The van der Waals surface area contributed by atoms with Gasteiger partial charge in [-0.1, -0.05) is 110 Å². The summed E-state index contributed by atoms with van der Waals surface area (Å²) in [5, 5.41) is 4.20. The second-order valence-corrected chi connectivity index (χ2v) is 8.78. The molecule has 166 valence electrons. The van der Waals surface area contributed by atoms with Crippen LogP contribution < -0.4 is 0 Å². The second-order valence-electron chi connectivity index (χ2n) is 8.78. The van der Waals surface area contributed by atoms with Crippen LogP contribution in [-0.4, -0.2) is 34.5 Å². The number of hydrogen-bond acceptors (Lipinski definition) is 5. The van der Waals surface area contributed by atoms with E-state index in [0.29, 0.717) is 19.0 Å². The molecule has 2 heterocycles. The van der Waals surface area contributed by atoms with Crippen LogP contribution in [0, 0.1) is 0 Å². The van der Waals surface area contributed by atoms with Gasteiger partial charge in [0.2, 0.25) is 5.89 Å². The van der Waals surface area contributed by atoms with Crippen molar-refractivity contribution < 1.29 is 4.52 Å². The summed E-state index contributed by atoms with van der Waals surface area (Å²) in [6.45, 7) is 5.49. The highest BCUT2D eigenvalue weighted by Crippen LogP contribution is 2.43. The second kappa shape index (κ2) is 9.02. The molecule has 0 radical (unpaired) electrons. The lowest BCUT2D eigenvalue weighted by Crippen LogP contribution is -2.50. The number of benzene rings is 3. The maximum Gasteiger partial charge on any atom is 0.233 e. The molecular weight excluding hydrogens is 408 g/mol. The van der Waals surface area contributed by atoms with Gasteiger partial charge in [0.15, 0.2) is 5.82 Å². The van der Waals surface area contributed by atoms with E-state index in [2.05, 4.69) is 120 Å². The standard InChI is InChI=1S/C28H28N4O/c1-21(2)26-30-27(33-31-26)22-18-29-20-32(19-22)28(23-12-6-3-7-13-23,24-14-8-4-9-15-24)25-16-10-5-11-17-25/h3-17,20-22H,18-19H2,1-2H3. The summed E-state index contributed by atoms with van der Waals surface area (Å²) in [5.74, 6) is 1.64. The Hall–Kier alpha value is -3.73. The van der Waals surface area contributed by atoms with Gasteiger partial charge in [-0.2, -0.15) is 4.98 Å². The van der Waals surface area contributed by atoms with Crippen LogP contribution >= 0.6 is 0 Å². The minimum atomic E-state index is -0.549. The van der Waals surface area contributed by atoms with E-state index in [1.54, 1.807) is 0 Å². The van der Waals surface area contributed by atoms with Gasteiger partial charge >= 0.3 is 0 Å². The molecule has 33 heavy (non-hydrogen) atoms. The minimum absolute atomic E-state index is 0.0190. The van der Waals surface area contributed by atoms with Crippen LogP contribution in [0.15, 0.2) is 101 Å². The minimum Gasteiger partial charge on any atom is -0.344 e. The molecule has 4 aromatic rings. The number of aromatic nitrogens is 2. The van der Waals surface area contributed by atoms with Gasteiger partial charge in [0, 0.05) is 12.5 Å². The Morgan fingerprint density at radius 1 is 0.818 bits per heavy atom. The topological polar surface area (TPSA) is 54.5 Å². The average Bonchev–Trinajstić information content (AvgIpc) is 3.38. The molecule has 0 fully saturated rings. The maximum absolute atomic E-state index is 5.68. The van der Waals surface area contributed by atoms with Crippen LogP contribution in [0.4, 0.5) is 0 Å². The Bertz CT molecular complexity index is 1110. The van der Waals surface area contributed by atoms with E-state index < -0.39 is 5.54 Å². The molecule has 0 N–H and O–H groups in total. The van der Waals surface area contributed by atoms with Gasteiger partial charge < -0.3 is 9.42 Å². The molecule has 0 spiro atoms. The molecule has 0 bridgehead atoms. The monoisotopic (exact) mass is 436 g/mol. The molecule has 5 rings (SSSR count). The molecule has 5 heteroatoms.